The second-order valence-electron chi connectivity index (χ2n) is 7.05. The minimum absolute atomic E-state index is 0.171. The molecular formula is C22H25N3O2S. The highest BCUT2D eigenvalue weighted by Crippen LogP contribution is 2.30. The quantitative estimate of drug-likeness (QED) is 0.660. The number of piperazine rings is 1. The highest BCUT2D eigenvalue weighted by molar-refractivity contribution is 7.22. The Balaban J connectivity index is 1.38. The molecule has 3 aromatic rings. The normalized spacial score (nSPS) is 14.5. The first-order valence-corrected chi connectivity index (χ1v) is 10.5. The summed E-state index contributed by atoms with van der Waals surface area (Å²) < 4.78 is 6.49. The number of nitrogens with zero attached hydrogens (tertiary/aromatic N) is 3. The third-order valence-corrected chi connectivity index (χ3v) is 6.32. The van der Waals surface area contributed by atoms with Gasteiger partial charge in [-0.1, -0.05) is 36.5 Å². The third-order valence-electron chi connectivity index (χ3n) is 5.24. The van der Waals surface area contributed by atoms with Crippen molar-refractivity contribution in [2.45, 2.75) is 19.8 Å². The molecule has 0 saturated carbocycles. The minimum Gasteiger partial charge on any atom is -0.497 e. The maximum atomic E-state index is 12.7. The third kappa shape index (κ3) is 3.97. The van der Waals surface area contributed by atoms with Gasteiger partial charge in [-0.3, -0.25) is 4.79 Å². The topological polar surface area (TPSA) is 45.7 Å². The van der Waals surface area contributed by atoms with E-state index in [0.717, 1.165) is 54.6 Å². The van der Waals surface area contributed by atoms with Crippen LogP contribution in [0.2, 0.25) is 0 Å². The Bertz CT molecular complexity index is 977. The van der Waals surface area contributed by atoms with E-state index in [0.29, 0.717) is 6.42 Å². The van der Waals surface area contributed by atoms with Crippen LogP contribution in [0.5, 0.6) is 5.75 Å². The monoisotopic (exact) mass is 395 g/mol. The summed E-state index contributed by atoms with van der Waals surface area (Å²) in [5, 5.41) is 1.06. The number of carbonyl (C=O) groups excluding carboxylic acids is 1. The summed E-state index contributed by atoms with van der Waals surface area (Å²) >= 11 is 1.75. The SMILES string of the molecule is CCc1ccc2nc(N3CCN(C(=O)Cc4cccc(OC)c4)CC3)sc2c1. The van der Waals surface area contributed by atoms with Gasteiger partial charge in [0.1, 0.15) is 5.75 Å². The summed E-state index contributed by atoms with van der Waals surface area (Å²) in [6.07, 6.45) is 1.45. The van der Waals surface area contributed by atoms with Crippen LogP contribution in [0.25, 0.3) is 10.2 Å². The highest BCUT2D eigenvalue weighted by atomic mass is 32.1. The number of amides is 1. The number of thiazole rings is 1. The van der Waals surface area contributed by atoms with Gasteiger partial charge < -0.3 is 14.5 Å². The lowest BCUT2D eigenvalue weighted by molar-refractivity contribution is -0.130. The van der Waals surface area contributed by atoms with Gasteiger partial charge in [-0.25, -0.2) is 4.98 Å². The first-order valence-electron chi connectivity index (χ1n) is 9.71. The van der Waals surface area contributed by atoms with Crippen LogP contribution in [0.4, 0.5) is 5.13 Å². The molecule has 2 aromatic carbocycles. The molecule has 0 radical (unpaired) electrons. The van der Waals surface area contributed by atoms with Crippen molar-refractivity contribution >= 4 is 32.6 Å². The lowest BCUT2D eigenvalue weighted by Gasteiger charge is -2.34. The standard InChI is InChI=1S/C22H25N3O2S/c1-3-16-7-8-19-20(14-16)28-22(23-19)25-11-9-24(10-12-25)21(26)15-17-5-4-6-18(13-17)27-2/h4-8,13-14H,3,9-12,15H2,1-2H3. The van der Waals surface area contributed by atoms with Gasteiger partial charge in [-0.15, -0.1) is 0 Å². The summed E-state index contributed by atoms with van der Waals surface area (Å²) in [6.45, 7) is 5.29. The minimum atomic E-state index is 0.171. The number of rotatable bonds is 5. The molecule has 2 heterocycles. The number of methoxy groups -OCH3 is 1. The summed E-state index contributed by atoms with van der Waals surface area (Å²) in [7, 11) is 1.64. The Labute approximate surface area is 169 Å². The second-order valence-corrected chi connectivity index (χ2v) is 8.06. The van der Waals surface area contributed by atoms with Crippen molar-refractivity contribution in [3.05, 3.63) is 53.6 Å². The van der Waals surface area contributed by atoms with Crippen LogP contribution in [0.3, 0.4) is 0 Å². The van der Waals surface area contributed by atoms with Crippen molar-refractivity contribution in [3.8, 4) is 5.75 Å². The highest BCUT2D eigenvalue weighted by Gasteiger charge is 2.23. The fourth-order valence-electron chi connectivity index (χ4n) is 3.53. The van der Waals surface area contributed by atoms with Crippen LogP contribution in [-0.4, -0.2) is 49.1 Å². The Morgan fingerprint density at radius 3 is 2.68 bits per heavy atom. The van der Waals surface area contributed by atoms with E-state index in [1.807, 2.05) is 29.2 Å². The van der Waals surface area contributed by atoms with Crippen molar-refractivity contribution in [1.29, 1.82) is 0 Å². The molecule has 1 saturated heterocycles. The summed E-state index contributed by atoms with van der Waals surface area (Å²) in [5.74, 6) is 0.960. The van der Waals surface area contributed by atoms with Crippen LogP contribution < -0.4 is 9.64 Å². The fourth-order valence-corrected chi connectivity index (χ4v) is 4.61. The Morgan fingerprint density at radius 2 is 1.93 bits per heavy atom. The Kier molecular flexibility index (Phi) is 5.48. The zero-order valence-electron chi connectivity index (χ0n) is 16.4. The fraction of sp³-hybridized carbons (Fsp3) is 0.364. The van der Waals surface area contributed by atoms with Crippen LogP contribution in [0, 0.1) is 0 Å². The number of fused-ring (bicyclic) bond motifs is 1. The number of aryl methyl sites for hydroxylation is 1. The molecule has 146 valence electrons. The predicted octanol–water partition coefficient (Wildman–Crippen LogP) is 3.76. The molecule has 1 amide bonds. The summed E-state index contributed by atoms with van der Waals surface area (Å²) in [4.78, 5) is 21.7. The molecule has 1 fully saturated rings. The van der Waals surface area contributed by atoms with Crippen LogP contribution >= 0.6 is 11.3 Å². The Hall–Kier alpha value is -2.60. The van der Waals surface area contributed by atoms with Gasteiger partial charge >= 0.3 is 0 Å². The van der Waals surface area contributed by atoms with Gasteiger partial charge in [0.15, 0.2) is 5.13 Å². The smallest absolute Gasteiger partial charge is 0.227 e. The molecule has 28 heavy (non-hydrogen) atoms. The zero-order chi connectivity index (χ0) is 19.5. The van der Waals surface area contributed by atoms with Crippen molar-refractivity contribution in [1.82, 2.24) is 9.88 Å². The number of benzene rings is 2. The van der Waals surface area contributed by atoms with Crippen LogP contribution in [0.15, 0.2) is 42.5 Å². The van der Waals surface area contributed by atoms with E-state index in [9.17, 15) is 4.79 Å². The van der Waals surface area contributed by atoms with E-state index < -0.39 is 0 Å². The molecule has 0 atom stereocenters. The van der Waals surface area contributed by atoms with Crippen molar-refractivity contribution < 1.29 is 9.53 Å². The molecule has 5 nitrogen and oxygen atoms in total. The van der Waals surface area contributed by atoms with Gasteiger partial charge in [0.25, 0.3) is 0 Å². The molecule has 0 bridgehead atoms. The summed E-state index contributed by atoms with van der Waals surface area (Å²) in [6, 6.07) is 14.2. The lowest BCUT2D eigenvalue weighted by atomic mass is 10.1. The zero-order valence-corrected chi connectivity index (χ0v) is 17.2. The number of hydrogen-bond acceptors (Lipinski definition) is 5. The number of ether oxygens (including phenoxy) is 1. The van der Waals surface area contributed by atoms with Gasteiger partial charge in [0, 0.05) is 26.2 Å². The van der Waals surface area contributed by atoms with Gasteiger partial charge in [0.05, 0.1) is 23.7 Å². The molecule has 0 aliphatic carbocycles. The van der Waals surface area contributed by atoms with E-state index in [4.69, 9.17) is 9.72 Å². The Morgan fingerprint density at radius 1 is 1.11 bits per heavy atom. The van der Waals surface area contributed by atoms with Crippen LogP contribution in [-0.2, 0) is 17.6 Å². The van der Waals surface area contributed by atoms with Crippen molar-refractivity contribution in [2.75, 3.05) is 38.2 Å². The number of aromatic nitrogens is 1. The van der Waals surface area contributed by atoms with Gasteiger partial charge in [0.2, 0.25) is 5.91 Å². The maximum Gasteiger partial charge on any atom is 0.227 e. The molecular weight excluding hydrogens is 370 g/mol. The molecule has 1 aliphatic rings. The molecule has 0 unspecified atom stereocenters. The van der Waals surface area contributed by atoms with Crippen molar-refractivity contribution in [3.63, 3.8) is 0 Å². The average Bonchev–Trinajstić information content (AvgIpc) is 3.17. The maximum absolute atomic E-state index is 12.7. The number of anilines is 1. The van der Waals surface area contributed by atoms with Crippen LogP contribution in [0.1, 0.15) is 18.1 Å². The number of carbonyl (C=O) groups is 1. The molecule has 1 aromatic heterocycles. The van der Waals surface area contributed by atoms with E-state index in [1.165, 1.54) is 10.3 Å². The molecule has 0 spiro atoms. The van der Waals surface area contributed by atoms with E-state index in [1.54, 1.807) is 18.4 Å². The van der Waals surface area contributed by atoms with E-state index in [-0.39, 0.29) is 5.91 Å². The summed E-state index contributed by atoms with van der Waals surface area (Å²) in [5.41, 5.74) is 3.40. The number of hydrogen-bond donors (Lipinski definition) is 0. The van der Waals surface area contributed by atoms with E-state index in [2.05, 4.69) is 30.0 Å². The first-order chi connectivity index (χ1) is 13.7. The van der Waals surface area contributed by atoms with E-state index >= 15 is 0 Å². The van der Waals surface area contributed by atoms with Crippen molar-refractivity contribution in [2.24, 2.45) is 0 Å². The molecule has 1 aliphatic heterocycles. The molecule has 6 heteroatoms. The largest absolute Gasteiger partial charge is 0.497 e. The van der Waals surface area contributed by atoms with Gasteiger partial charge in [-0.05, 0) is 41.8 Å². The average molecular weight is 396 g/mol. The van der Waals surface area contributed by atoms with Gasteiger partial charge in [-0.2, -0.15) is 0 Å². The molecule has 4 rings (SSSR count). The predicted molar refractivity (Wildman–Crippen MR) is 114 cm³/mol. The second kappa shape index (κ2) is 8.19. The lowest BCUT2D eigenvalue weighted by Crippen LogP contribution is -2.49. The first kappa shape index (κ1) is 18.7. The molecule has 0 N–H and O–H groups in total.